The Hall–Kier alpha value is -2.13. The molecule has 120 valence electrons. The van der Waals surface area contributed by atoms with E-state index in [2.05, 4.69) is 5.32 Å². The van der Waals surface area contributed by atoms with Crippen LogP contribution in [-0.2, 0) is 17.6 Å². The highest BCUT2D eigenvalue weighted by Crippen LogP contribution is 2.32. The summed E-state index contributed by atoms with van der Waals surface area (Å²) in [5.74, 6) is -0.0258. The van der Waals surface area contributed by atoms with E-state index in [1.54, 1.807) is 0 Å². The fraction of sp³-hybridized carbons (Fsp3) is 0.350. The van der Waals surface area contributed by atoms with Gasteiger partial charge in [-0.3, -0.25) is 4.79 Å². The Bertz CT molecular complexity index is 694. The largest absolute Gasteiger partial charge is 0.390 e. The molecule has 0 radical (unpaired) electrons. The molecule has 0 heterocycles. The highest BCUT2D eigenvalue weighted by Gasteiger charge is 2.36. The summed E-state index contributed by atoms with van der Waals surface area (Å²) in [6.45, 7) is 3.89. The molecular weight excluding hydrogens is 286 g/mol. The Labute approximate surface area is 137 Å². The highest BCUT2D eigenvalue weighted by atomic mass is 16.3. The maximum Gasteiger partial charge on any atom is 0.226 e. The van der Waals surface area contributed by atoms with Crippen LogP contribution in [0.3, 0.4) is 0 Å². The monoisotopic (exact) mass is 309 g/mol. The van der Waals surface area contributed by atoms with Crippen LogP contribution in [0.5, 0.6) is 0 Å². The van der Waals surface area contributed by atoms with Gasteiger partial charge in [0.1, 0.15) is 0 Å². The molecule has 3 nitrogen and oxygen atoms in total. The molecule has 1 aliphatic rings. The zero-order valence-corrected chi connectivity index (χ0v) is 13.6. The van der Waals surface area contributed by atoms with Crippen LogP contribution in [0, 0.1) is 5.41 Å². The van der Waals surface area contributed by atoms with E-state index >= 15 is 0 Å². The lowest BCUT2D eigenvalue weighted by Crippen LogP contribution is -2.42. The zero-order valence-electron chi connectivity index (χ0n) is 13.6. The number of amides is 1. The van der Waals surface area contributed by atoms with Crippen molar-refractivity contribution in [2.75, 3.05) is 0 Å². The minimum absolute atomic E-state index is 0.0258. The molecule has 0 bridgehead atoms. The van der Waals surface area contributed by atoms with Crippen LogP contribution in [0.1, 0.15) is 36.6 Å². The number of nitrogens with one attached hydrogen (secondary N) is 1. The molecule has 2 aromatic rings. The predicted octanol–water partition coefficient (Wildman–Crippen LogP) is 3.03. The second-order valence-electron chi connectivity index (χ2n) is 6.97. The summed E-state index contributed by atoms with van der Waals surface area (Å²) in [5, 5.41) is 13.4. The molecule has 3 rings (SSSR count). The summed E-state index contributed by atoms with van der Waals surface area (Å²) in [7, 11) is 0. The Kier molecular flexibility index (Phi) is 4.22. The number of hydrogen-bond donors (Lipinski definition) is 2. The van der Waals surface area contributed by atoms with Gasteiger partial charge >= 0.3 is 0 Å². The number of carbonyl (C=O) groups is 1. The molecule has 2 aromatic carbocycles. The van der Waals surface area contributed by atoms with Gasteiger partial charge in [0.25, 0.3) is 0 Å². The number of aliphatic hydroxyl groups is 1. The Balaban J connectivity index is 1.73. The molecule has 3 heteroatoms. The Morgan fingerprint density at radius 3 is 2.52 bits per heavy atom. The van der Waals surface area contributed by atoms with Gasteiger partial charge in [0, 0.05) is 11.8 Å². The summed E-state index contributed by atoms with van der Waals surface area (Å²) in [5.41, 5.74) is 2.76. The van der Waals surface area contributed by atoms with Gasteiger partial charge in [-0.1, -0.05) is 68.4 Å². The zero-order chi connectivity index (χ0) is 16.4. The van der Waals surface area contributed by atoms with E-state index in [-0.39, 0.29) is 11.9 Å². The minimum atomic E-state index is -0.552. The maximum absolute atomic E-state index is 12.8. The number of fused-ring (bicyclic) bond motifs is 1. The molecule has 23 heavy (non-hydrogen) atoms. The van der Waals surface area contributed by atoms with Crippen LogP contribution in [0.2, 0.25) is 0 Å². The van der Waals surface area contributed by atoms with Crippen LogP contribution in [0.4, 0.5) is 0 Å². The summed E-state index contributed by atoms with van der Waals surface area (Å²) in [6, 6.07) is 17.6. The minimum Gasteiger partial charge on any atom is -0.390 e. The highest BCUT2D eigenvalue weighted by molar-refractivity contribution is 5.82. The molecule has 2 N–H and O–H groups in total. The van der Waals surface area contributed by atoms with Gasteiger partial charge in [-0.05, 0) is 23.1 Å². The van der Waals surface area contributed by atoms with Crippen molar-refractivity contribution >= 4 is 5.91 Å². The molecule has 0 unspecified atom stereocenters. The van der Waals surface area contributed by atoms with E-state index in [9.17, 15) is 9.90 Å². The maximum atomic E-state index is 12.8. The summed E-state index contributed by atoms with van der Waals surface area (Å²) < 4.78 is 0. The lowest BCUT2D eigenvalue weighted by atomic mass is 9.84. The molecule has 0 fully saturated rings. The third-order valence-electron chi connectivity index (χ3n) is 4.59. The van der Waals surface area contributed by atoms with Gasteiger partial charge in [0.15, 0.2) is 0 Å². The molecule has 0 saturated heterocycles. The first-order valence-corrected chi connectivity index (χ1v) is 8.08. The number of aliphatic hydroxyl groups excluding tert-OH is 1. The van der Waals surface area contributed by atoms with Gasteiger partial charge in [-0.15, -0.1) is 0 Å². The number of rotatable bonds is 4. The smallest absolute Gasteiger partial charge is 0.226 e. The lowest BCUT2D eigenvalue weighted by Gasteiger charge is -2.27. The van der Waals surface area contributed by atoms with Crippen molar-refractivity contribution in [3.05, 3.63) is 71.3 Å². The second kappa shape index (κ2) is 6.17. The molecule has 0 spiro atoms. The quantitative estimate of drug-likeness (QED) is 0.912. The topological polar surface area (TPSA) is 49.3 Å². The van der Waals surface area contributed by atoms with Crippen molar-refractivity contribution in [1.82, 2.24) is 5.32 Å². The number of benzene rings is 2. The normalized spacial score (nSPS) is 20.1. The van der Waals surface area contributed by atoms with E-state index in [4.69, 9.17) is 0 Å². The van der Waals surface area contributed by atoms with Crippen LogP contribution in [0.15, 0.2) is 54.6 Å². The lowest BCUT2D eigenvalue weighted by molar-refractivity contribution is -0.130. The van der Waals surface area contributed by atoms with E-state index in [1.165, 1.54) is 0 Å². The first kappa shape index (κ1) is 15.8. The van der Waals surface area contributed by atoms with Crippen LogP contribution in [-0.4, -0.2) is 17.1 Å². The summed E-state index contributed by atoms with van der Waals surface area (Å²) >= 11 is 0. The van der Waals surface area contributed by atoms with Crippen molar-refractivity contribution < 1.29 is 9.90 Å². The molecule has 1 amide bonds. The predicted molar refractivity (Wildman–Crippen MR) is 91.0 cm³/mol. The SMILES string of the molecule is CC(C)(Cc1ccccc1)C(=O)N[C@H]1c2ccccc2C[C@H]1O. The molecule has 0 aliphatic heterocycles. The second-order valence-corrected chi connectivity index (χ2v) is 6.97. The van der Waals surface area contributed by atoms with Gasteiger partial charge < -0.3 is 10.4 Å². The molecule has 0 saturated carbocycles. The summed E-state index contributed by atoms with van der Waals surface area (Å²) in [4.78, 5) is 12.8. The van der Waals surface area contributed by atoms with E-state index in [0.29, 0.717) is 12.8 Å². The number of carbonyl (C=O) groups excluding carboxylic acids is 1. The molecule has 1 aliphatic carbocycles. The van der Waals surface area contributed by atoms with Gasteiger partial charge in [-0.25, -0.2) is 0 Å². The summed E-state index contributed by atoms with van der Waals surface area (Å²) in [6.07, 6.45) is 0.716. The third kappa shape index (κ3) is 3.30. The standard InChI is InChI=1S/C20H23NO2/c1-20(2,13-14-8-4-3-5-9-14)19(23)21-18-16-11-7-6-10-15(16)12-17(18)22/h3-11,17-18,22H,12-13H2,1-2H3,(H,21,23)/t17-,18+/m1/s1. The van der Waals surface area contributed by atoms with Crippen LogP contribution in [0.25, 0.3) is 0 Å². The van der Waals surface area contributed by atoms with Crippen molar-refractivity contribution in [3.8, 4) is 0 Å². The first-order chi connectivity index (χ1) is 11.0. The van der Waals surface area contributed by atoms with E-state index in [0.717, 1.165) is 16.7 Å². The van der Waals surface area contributed by atoms with E-state index in [1.807, 2.05) is 68.4 Å². The van der Waals surface area contributed by atoms with Crippen molar-refractivity contribution in [2.24, 2.45) is 5.41 Å². The Morgan fingerprint density at radius 1 is 1.13 bits per heavy atom. The average Bonchev–Trinajstić information content (AvgIpc) is 2.84. The van der Waals surface area contributed by atoms with Crippen molar-refractivity contribution in [1.29, 1.82) is 0 Å². The average molecular weight is 309 g/mol. The van der Waals surface area contributed by atoms with Gasteiger partial charge in [0.2, 0.25) is 5.91 Å². The fourth-order valence-electron chi connectivity index (χ4n) is 3.27. The van der Waals surface area contributed by atoms with Gasteiger partial charge in [-0.2, -0.15) is 0 Å². The van der Waals surface area contributed by atoms with Crippen LogP contribution >= 0.6 is 0 Å². The number of hydrogen-bond acceptors (Lipinski definition) is 2. The third-order valence-corrected chi connectivity index (χ3v) is 4.59. The van der Waals surface area contributed by atoms with Crippen molar-refractivity contribution in [3.63, 3.8) is 0 Å². The fourth-order valence-corrected chi connectivity index (χ4v) is 3.27. The van der Waals surface area contributed by atoms with Crippen LogP contribution < -0.4 is 5.32 Å². The molecular formula is C20H23NO2. The Morgan fingerprint density at radius 2 is 1.78 bits per heavy atom. The van der Waals surface area contributed by atoms with Crippen molar-refractivity contribution in [2.45, 2.75) is 38.8 Å². The molecule has 2 atom stereocenters. The van der Waals surface area contributed by atoms with E-state index < -0.39 is 11.5 Å². The van der Waals surface area contributed by atoms with Gasteiger partial charge in [0.05, 0.1) is 12.1 Å². The molecule has 0 aromatic heterocycles. The first-order valence-electron chi connectivity index (χ1n) is 8.08.